The Kier molecular flexibility index (Phi) is 4.32. The topological polar surface area (TPSA) is 20.3 Å². The van der Waals surface area contributed by atoms with E-state index >= 15 is 0 Å². The van der Waals surface area contributed by atoms with Gasteiger partial charge in [-0.2, -0.15) is 0 Å². The number of rotatable bonds is 4. The molecule has 54 valence electrons. The minimum Gasteiger partial charge on any atom is -0.309 e. The number of hydrogen-bond acceptors (Lipinski definition) is 2. The van der Waals surface area contributed by atoms with E-state index in [-0.39, 0.29) is 5.92 Å². The fourth-order valence-corrected chi connectivity index (χ4v) is 0.737. The van der Waals surface area contributed by atoms with E-state index in [0.717, 1.165) is 19.3 Å². The van der Waals surface area contributed by atoms with E-state index in [9.17, 15) is 4.79 Å². The summed E-state index contributed by atoms with van der Waals surface area (Å²) in [7, 11) is 3.96. The predicted molar refractivity (Wildman–Crippen MR) is 38.4 cm³/mol. The van der Waals surface area contributed by atoms with E-state index < -0.39 is 0 Å². The molecule has 2 nitrogen and oxygen atoms in total. The maximum Gasteiger partial charge on any atom is 0.124 e. The molecule has 0 saturated heterocycles. The first-order chi connectivity index (χ1) is 4.20. The molecule has 0 saturated carbocycles. The van der Waals surface area contributed by atoms with Crippen molar-refractivity contribution in [3.63, 3.8) is 0 Å². The average molecular weight is 129 g/mol. The van der Waals surface area contributed by atoms with E-state index in [2.05, 4.69) is 0 Å². The van der Waals surface area contributed by atoms with Crippen LogP contribution in [0.5, 0.6) is 0 Å². The van der Waals surface area contributed by atoms with Crippen LogP contribution in [0.15, 0.2) is 0 Å². The van der Waals surface area contributed by atoms with Crippen molar-refractivity contribution in [1.82, 2.24) is 4.90 Å². The van der Waals surface area contributed by atoms with Gasteiger partial charge in [-0.15, -0.1) is 0 Å². The second kappa shape index (κ2) is 4.50. The molecule has 9 heavy (non-hydrogen) atoms. The molecule has 1 atom stereocenters. The molecule has 0 bridgehead atoms. The second-order valence-electron chi connectivity index (χ2n) is 2.57. The summed E-state index contributed by atoms with van der Waals surface area (Å²) in [5.74, 6) is 0.222. The Morgan fingerprint density at radius 1 is 1.56 bits per heavy atom. The lowest BCUT2D eigenvalue weighted by molar-refractivity contribution is -0.111. The van der Waals surface area contributed by atoms with Crippen LogP contribution in [0, 0.1) is 5.92 Å². The van der Waals surface area contributed by atoms with Crippen LogP contribution in [0.25, 0.3) is 0 Å². The van der Waals surface area contributed by atoms with Crippen LogP contribution in [0.4, 0.5) is 0 Å². The second-order valence-corrected chi connectivity index (χ2v) is 2.57. The van der Waals surface area contributed by atoms with Gasteiger partial charge in [0.25, 0.3) is 0 Å². The zero-order valence-corrected chi connectivity index (χ0v) is 6.42. The van der Waals surface area contributed by atoms with E-state index in [4.69, 9.17) is 0 Å². The molecule has 0 aromatic heterocycles. The summed E-state index contributed by atoms with van der Waals surface area (Å²) in [6.45, 7) is 2.91. The summed E-state index contributed by atoms with van der Waals surface area (Å²) in [6.07, 6.45) is 1.97. The molecular weight excluding hydrogens is 114 g/mol. The van der Waals surface area contributed by atoms with E-state index in [1.807, 2.05) is 25.9 Å². The van der Waals surface area contributed by atoms with Gasteiger partial charge < -0.3 is 9.69 Å². The molecule has 0 aromatic rings. The predicted octanol–water partition coefficient (Wildman–Crippen LogP) is 0.773. The lowest BCUT2D eigenvalue weighted by Crippen LogP contribution is -2.21. The Labute approximate surface area is 56.9 Å². The Morgan fingerprint density at radius 3 is 2.22 bits per heavy atom. The molecular formula is C7H15NO. The highest BCUT2D eigenvalue weighted by Crippen LogP contribution is 1.97. The molecule has 2 heteroatoms. The van der Waals surface area contributed by atoms with Crippen molar-refractivity contribution in [2.45, 2.75) is 13.3 Å². The zero-order chi connectivity index (χ0) is 7.28. The largest absolute Gasteiger partial charge is 0.309 e. The highest BCUT2D eigenvalue weighted by Gasteiger charge is 2.03. The summed E-state index contributed by atoms with van der Waals surface area (Å²) in [5.41, 5.74) is 0. The normalized spacial score (nSPS) is 13.8. The van der Waals surface area contributed by atoms with Crippen LogP contribution in [0.3, 0.4) is 0 Å². The molecule has 0 rings (SSSR count). The van der Waals surface area contributed by atoms with Gasteiger partial charge in [0.05, 0.1) is 0 Å². The quantitative estimate of drug-likeness (QED) is 0.523. The van der Waals surface area contributed by atoms with Crippen molar-refractivity contribution in [3.8, 4) is 0 Å². The molecule has 1 unspecified atom stereocenters. The number of carbonyl (C=O) groups is 1. The third-order valence-electron chi connectivity index (χ3n) is 1.32. The molecule has 0 amide bonds. The Hall–Kier alpha value is -0.370. The first-order valence-electron chi connectivity index (χ1n) is 3.30. The summed E-state index contributed by atoms with van der Waals surface area (Å²) >= 11 is 0. The van der Waals surface area contributed by atoms with Crippen LogP contribution < -0.4 is 0 Å². The minimum atomic E-state index is 0.222. The van der Waals surface area contributed by atoms with Gasteiger partial charge in [0, 0.05) is 12.5 Å². The molecule has 0 aliphatic carbocycles. The molecule has 0 aromatic carbocycles. The molecule has 0 aliphatic rings. The van der Waals surface area contributed by atoms with Crippen molar-refractivity contribution in [2.75, 3.05) is 20.6 Å². The maximum atomic E-state index is 10.2. The smallest absolute Gasteiger partial charge is 0.124 e. The Balaban J connectivity index is 3.42. The molecule has 0 radical (unpaired) electrons. The van der Waals surface area contributed by atoms with Gasteiger partial charge in [0.2, 0.25) is 0 Å². The summed E-state index contributed by atoms with van der Waals surface area (Å²) < 4.78 is 0. The summed E-state index contributed by atoms with van der Waals surface area (Å²) in [6, 6.07) is 0. The van der Waals surface area contributed by atoms with Crippen molar-refractivity contribution in [3.05, 3.63) is 0 Å². The third kappa shape index (κ3) is 4.15. The summed E-state index contributed by atoms with van der Waals surface area (Å²) in [5, 5.41) is 0. The van der Waals surface area contributed by atoms with Crippen LogP contribution in [0.2, 0.25) is 0 Å². The van der Waals surface area contributed by atoms with Crippen molar-refractivity contribution >= 4 is 6.29 Å². The molecule has 0 fully saturated rings. The van der Waals surface area contributed by atoms with Crippen molar-refractivity contribution < 1.29 is 4.79 Å². The zero-order valence-electron chi connectivity index (χ0n) is 6.42. The van der Waals surface area contributed by atoms with Gasteiger partial charge in [-0.05, 0) is 20.5 Å². The van der Waals surface area contributed by atoms with Crippen molar-refractivity contribution in [1.29, 1.82) is 0 Å². The van der Waals surface area contributed by atoms with Gasteiger partial charge in [0.1, 0.15) is 6.29 Å². The van der Waals surface area contributed by atoms with Crippen LogP contribution >= 0.6 is 0 Å². The van der Waals surface area contributed by atoms with Crippen molar-refractivity contribution in [2.24, 2.45) is 5.92 Å². The lowest BCUT2D eigenvalue weighted by Gasteiger charge is -2.12. The van der Waals surface area contributed by atoms with Gasteiger partial charge in [-0.1, -0.05) is 6.92 Å². The van der Waals surface area contributed by atoms with Crippen LogP contribution in [-0.4, -0.2) is 31.8 Å². The average Bonchev–Trinajstić information content (AvgIpc) is 1.82. The Morgan fingerprint density at radius 2 is 2.11 bits per heavy atom. The first-order valence-corrected chi connectivity index (χ1v) is 3.30. The highest BCUT2D eigenvalue weighted by atomic mass is 16.1. The minimum absolute atomic E-state index is 0.222. The monoisotopic (exact) mass is 129 g/mol. The number of hydrogen-bond donors (Lipinski definition) is 0. The van der Waals surface area contributed by atoms with Gasteiger partial charge >= 0.3 is 0 Å². The molecule has 0 aliphatic heterocycles. The van der Waals surface area contributed by atoms with Gasteiger partial charge in [-0.25, -0.2) is 0 Å². The van der Waals surface area contributed by atoms with Gasteiger partial charge in [0.15, 0.2) is 0 Å². The SMILES string of the molecule is CCC(C=O)CN(C)C. The lowest BCUT2D eigenvalue weighted by atomic mass is 10.1. The van der Waals surface area contributed by atoms with Crippen LogP contribution in [-0.2, 0) is 4.79 Å². The fourth-order valence-electron chi connectivity index (χ4n) is 0.737. The third-order valence-corrected chi connectivity index (χ3v) is 1.32. The number of aldehydes is 1. The van der Waals surface area contributed by atoms with E-state index in [1.54, 1.807) is 0 Å². The molecule has 0 heterocycles. The standard InChI is InChI=1S/C7H15NO/c1-4-7(6-9)5-8(2)3/h6-7H,4-5H2,1-3H3. The first kappa shape index (κ1) is 8.63. The fraction of sp³-hybridized carbons (Fsp3) is 0.857. The highest BCUT2D eigenvalue weighted by molar-refractivity contribution is 5.53. The molecule has 0 N–H and O–H groups in total. The van der Waals surface area contributed by atoms with E-state index in [1.165, 1.54) is 0 Å². The number of carbonyl (C=O) groups excluding carboxylic acids is 1. The van der Waals surface area contributed by atoms with E-state index in [0.29, 0.717) is 0 Å². The summed E-state index contributed by atoms with van der Waals surface area (Å²) in [4.78, 5) is 12.3. The maximum absolute atomic E-state index is 10.2. The molecule has 0 spiro atoms. The van der Waals surface area contributed by atoms with Gasteiger partial charge in [-0.3, -0.25) is 0 Å². The Bertz CT molecular complexity index is 81.0. The number of nitrogens with zero attached hydrogens (tertiary/aromatic N) is 1. The van der Waals surface area contributed by atoms with Crippen LogP contribution in [0.1, 0.15) is 13.3 Å².